The van der Waals surface area contributed by atoms with Crippen molar-refractivity contribution in [2.45, 2.75) is 0 Å². The van der Waals surface area contributed by atoms with Crippen LogP contribution in [0.4, 0.5) is 42.9 Å². The Hall–Kier alpha value is -5.82. The molecular weight excluding hydrogens is 585 g/mol. The fraction of sp³-hybridized carbons (Fsp3) is 0.0500. The molecule has 7 heteroatoms. The van der Waals surface area contributed by atoms with Gasteiger partial charge >= 0.3 is 0 Å². The van der Waals surface area contributed by atoms with E-state index >= 15 is 4.39 Å². The molecule has 8 aromatic rings. The lowest BCUT2D eigenvalue weighted by Gasteiger charge is -2.44. The molecule has 0 bridgehead atoms. The van der Waals surface area contributed by atoms with Gasteiger partial charge in [-0.15, -0.1) is 0 Å². The number of anilines is 6. The number of aryl methyl sites for hydroxylation is 2. The van der Waals surface area contributed by atoms with Gasteiger partial charge in [0.25, 0.3) is 6.71 Å². The van der Waals surface area contributed by atoms with Gasteiger partial charge in [-0.1, -0.05) is 48.5 Å². The van der Waals surface area contributed by atoms with E-state index in [-0.39, 0.29) is 18.3 Å². The van der Waals surface area contributed by atoms with Gasteiger partial charge in [-0.05, 0) is 89.2 Å². The van der Waals surface area contributed by atoms with Gasteiger partial charge in [0.05, 0.1) is 11.2 Å². The van der Waals surface area contributed by atoms with E-state index in [1.165, 1.54) is 28.4 Å². The van der Waals surface area contributed by atoms with Crippen LogP contribution < -0.4 is 26.2 Å². The SMILES string of the molecule is Cn1ccc2ccc3c(c21)N(c1cccc(F)c1)c1cccc2c1B3c1c(ccc3c1c1ccccc1n3C)N2c1cccc(F)c1. The van der Waals surface area contributed by atoms with Crippen molar-refractivity contribution in [3.05, 3.63) is 139 Å². The fourth-order valence-electron chi connectivity index (χ4n) is 8.31. The first-order valence-corrected chi connectivity index (χ1v) is 15.8. The van der Waals surface area contributed by atoms with E-state index in [9.17, 15) is 4.39 Å². The maximum atomic E-state index is 15.0. The quantitative estimate of drug-likeness (QED) is 0.183. The van der Waals surface area contributed by atoms with Crippen molar-refractivity contribution in [3.63, 3.8) is 0 Å². The molecule has 2 aliphatic heterocycles. The third-order valence-electron chi connectivity index (χ3n) is 10.2. The monoisotopic (exact) mass is 612 g/mol. The van der Waals surface area contributed by atoms with Gasteiger partial charge < -0.3 is 18.9 Å². The number of para-hydroxylation sites is 1. The lowest BCUT2D eigenvalue weighted by Crippen LogP contribution is -2.61. The molecule has 0 saturated carbocycles. The van der Waals surface area contributed by atoms with E-state index < -0.39 is 0 Å². The largest absolute Gasteiger partial charge is 0.349 e. The molecule has 0 atom stereocenters. The van der Waals surface area contributed by atoms with Gasteiger partial charge in [0, 0.05) is 75.9 Å². The van der Waals surface area contributed by atoms with Crippen LogP contribution in [0.3, 0.4) is 0 Å². The van der Waals surface area contributed by atoms with Gasteiger partial charge in [-0.3, -0.25) is 0 Å². The first kappa shape index (κ1) is 26.4. The molecule has 4 nitrogen and oxygen atoms in total. The predicted molar refractivity (Wildman–Crippen MR) is 191 cm³/mol. The second kappa shape index (κ2) is 9.36. The second-order valence-electron chi connectivity index (χ2n) is 12.6. The van der Waals surface area contributed by atoms with Crippen molar-refractivity contribution in [1.82, 2.24) is 9.13 Å². The molecule has 0 fully saturated rings. The van der Waals surface area contributed by atoms with E-state index in [1.807, 2.05) is 12.1 Å². The number of aromatic nitrogens is 2. The van der Waals surface area contributed by atoms with E-state index in [1.54, 1.807) is 24.3 Å². The molecule has 2 aromatic heterocycles. The molecule has 0 amide bonds. The minimum absolute atomic E-state index is 0.144. The Balaban J connectivity index is 1.42. The van der Waals surface area contributed by atoms with Crippen molar-refractivity contribution in [2.24, 2.45) is 14.1 Å². The lowest BCUT2D eigenvalue weighted by molar-refractivity contribution is 0.627. The van der Waals surface area contributed by atoms with E-state index in [0.717, 1.165) is 67.0 Å². The summed E-state index contributed by atoms with van der Waals surface area (Å²) in [6, 6.07) is 39.5. The summed E-state index contributed by atoms with van der Waals surface area (Å²) in [5.74, 6) is -0.584. The van der Waals surface area contributed by atoms with Crippen molar-refractivity contribution in [1.29, 1.82) is 0 Å². The maximum Gasteiger partial charge on any atom is 0.253 e. The number of hydrogen-bond acceptors (Lipinski definition) is 2. The first-order chi connectivity index (χ1) is 23.0. The van der Waals surface area contributed by atoms with Gasteiger partial charge in [0.1, 0.15) is 11.6 Å². The van der Waals surface area contributed by atoms with Crippen LogP contribution in [0.5, 0.6) is 0 Å². The van der Waals surface area contributed by atoms with E-state index in [2.05, 4.69) is 112 Å². The number of benzene rings is 6. The van der Waals surface area contributed by atoms with Crippen LogP contribution in [0.25, 0.3) is 32.7 Å². The van der Waals surface area contributed by atoms with Crippen LogP contribution in [0.15, 0.2) is 128 Å². The minimum atomic E-state index is -0.292. The van der Waals surface area contributed by atoms with Crippen LogP contribution in [-0.4, -0.2) is 15.8 Å². The number of rotatable bonds is 2. The Bertz CT molecular complexity index is 2620. The highest BCUT2D eigenvalue weighted by atomic mass is 19.1. The molecule has 10 rings (SSSR count). The summed E-state index contributed by atoms with van der Waals surface area (Å²) in [6.07, 6.45) is 2.09. The number of hydrogen-bond donors (Lipinski definition) is 0. The van der Waals surface area contributed by atoms with Gasteiger partial charge in [-0.2, -0.15) is 0 Å². The molecule has 4 heterocycles. The molecule has 0 spiro atoms. The Morgan fingerprint density at radius 1 is 0.574 bits per heavy atom. The average Bonchev–Trinajstić information content (AvgIpc) is 3.61. The molecule has 0 unspecified atom stereocenters. The molecule has 2 aliphatic rings. The fourth-order valence-corrected chi connectivity index (χ4v) is 8.31. The van der Waals surface area contributed by atoms with Gasteiger partial charge in [0.15, 0.2) is 0 Å². The third-order valence-corrected chi connectivity index (χ3v) is 10.2. The van der Waals surface area contributed by atoms with Crippen LogP contribution in [0.1, 0.15) is 0 Å². The zero-order valence-corrected chi connectivity index (χ0v) is 25.7. The first-order valence-electron chi connectivity index (χ1n) is 15.8. The zero-order valence-electron chi connectivity index (χ0n) is 25.7. The van der Waals surface area contributed by atoms with Gasteiger partial charge in [-0.25, -0.2) is 8.78 Å². The molecule has 0 radical (unpaired) electrons. The lowest BCUT2D eigenvalue weighted by atomic mass is 9.33. The molecular formula is C40H27BF2N4. The molecule has 224 valence electrons. The molecule has 0 N–H and O–H groups in total. The summed E-state index contributed by atoms with van der Waals surface area (Å²) in [5, 5.41) is 3.48. The number of halogens is 2. The Labute approximate surface area is 270 Å². The molecule has 6 aromatic carbocycles. The average molecular weight is 612 g/mol. The molecule has 0 aliphatic carbocycles. The van der Waals surface area contributed by atoms with E-state index in [4.69, 9.17) is 0 Å². The van der Waals surface area contributed by atoms with Crippen LogP contribution in [-0.2, 0) is 14.1 Å². The summed E-state index contributed by atoms with van der Waals surface area (Å²) >= 11 is 0. The predicted octanol–water partition coefficient (Wildman–Crippen LogP) is 8.18. The summed E-state index contributed by atoms with van der Waals surface area (Å²) in [7, 11) is 4.19. The summed E-state index contributed by atoms with van der Waals surface area (Å²) in [6.45, 7) is -0.144. The summed E-state index contributed by atoms with van der Waals surface area (Å²) in [4.78, 5) is 4.42. The standard InChI is InChI=1S/C40H27BF2N4/c1-44-21-20-24-16-17-30-40(39(24)44)47(28-11-6-9-26(43)23-28)34-15-7-14-33-37(34)41(30)38-35(46(33)27-10-5-8-25(42)22-27)19-18-32-36(38)29-12-3-4-13-31(29)45(32)2/h3-23H,1-2H3. The van der Waals surface area contributed by atoms with Crippen LogP contribution >= 0.6 is 0 Å². The Morgan fingerprint density at radius 2 is 1.26 bits per heavy atom. The Morgan fingerprint density at radius 3 is 2.02 bits per heavy atom. The minimum Gasteiger partial charge on any atom is -0.349 e. The third kappa shape index (κ3) is 3.46. The molecule has 47 heavy (non-hydrogen) atoms. The number of nitrogens with zero attached hydrogens (tertiary/aromatic N) is 4. The van der Waals surface area contributed by atoms with Gasteiger partial charge in [0.2, 0.25) is 0 Å². The summed E-state index contributed by atoms with van der Waals surface area (Å²) in [5.41, 5.74) is 12.3. The highest BCUT2D eigenvalue weighted by Gasteiger charge is 2.45. The Kier molecular flexibility index (Phi) is 5.26. The topological polar surface area (TPSA) is 16.3 Å². The van der Waals surface area contributed by atoms with Crippen molar-refractivity contribution < 1.29 is 8.78 Å². The zero-order chi connectivity index (χ0) is 31.6. The highest BCUT2D eigenvalue weighted by molar-refractivity contribution is 7.02. The van der Waals surface area contributed by atoms with E-state index in [0.29, 0.717) is 0 Å². The normalized spacial score (nSPS) is 13.4. The van der Waals surface area contributed by atoms with Crippen LogP contribution in [0, 0.1) is 11.6 Å². The second-order valence-corrected chi connectivity index (χ2v) is 12.6. The van der Waals surface area contributed by atoms with Crippen molar-refractivity contribution >= 4 is 89.9 Å². The van der Waals surface area contributed by atoms with Crippen molar-refractivity contribution in [2.75, 3.05) is 9.80 Å². The number of fused-ring (bicyclic) bond motifs is 10. The highest BCUT2D eigenvalue weighted by Crippen LogP contribution is 2.47. The smallest absolute Gasteiger partial charge is 0.253 e. The van der Waals surface area contributed by atoms with Crippen LogP contribution in [0.2, 0.25) is 0 Å². The summed E-state index contributed by atoms with van der Waals surface area (Å²) < 4.78 is 34.4. The van der Waals surface area contributed by atoms with Crippen molar-refractivity contribution in [3.8, 4) is 0 Å². The molecule has 0 saturated heterocycles. The maximum absolute atomic E-state index is 15.0.